The largest absolute Gasteiger partial charge is 0.354 e. The molecule has 0 aromatic carbocycles. The van der Waals surface area contributed by atoms with Crippen LogP contribution in [-0.2, 0) is 6.42 Å². The van der Waals surface area contributed by atoms with Gasteiger partial charge in [0.15, 0.2) is 0 Å². The summed E-state index contributed by atoms with van der Waals surface area (Å²) in [5.41, 5.74) is 0. The molecule has 0 unspecified atom stereocenters. The summed E-state index contributed by atoms with van der Waals surface area (Å²) in [6.07, 6.45) is 14.1. The fraction of sp³-hybridized carbons (Fsp3) is 0.833. The van der Waals surface area contributed by atoms with Gasteiger partial charge in [-0.15, -0.1) is 0 Å². The third-order valence-electron chi connectivity index (χ3n) is 5.21. The zero-order valence-electron chi connectivity index (χ0n) is 14.5. The van der Waals surface area contributed by atoms with E-state index in [0.717, 1.165) is 36.6 Å². The minimum atomic E-state index is 0.530. The maximum Gasteiger partial charge on any atom is 0.227 e. The summed E-state index contributed by atoms with van der Waals surface area (Å²) in [6, 6.07) is 0.530. The number of hydrogen-bond acceptors (Lipinski definition) is 5. The molecule has 0 aliphatic heterocycles. The molecule has 0 atom stereocenters. The Hall–Kier alpha value is -1.39. The standard InChI is InChI=1S/C18H31N5/c1-2-16-21-17(19-13-14-9-5-3-6-10-14)23-18(22-16)20-15-11-7-4-8-12-15/h14-15H,2-13H2,1H3,(H2,19,20,21,22,23). The lowest BCUT2D eigenvalue weighted by atomic mass is 9.89. The van der Waals surface area contributed by atoms with Gasteiger partial charge in [0, 0.05) is 19.0 Å². The Morgan fingerprint density at radius 1 is 0.826 bits per heavy atom. The molecule has 1 heterocycles. The molecule has 2 aliphatic carbocycles. The summed E-state index contributed by atoms with van der Waals surface area (Å²) >= 11 is 0. The summed E-state index contributed by atoms with van der Waals surface area (Å²) in [7, 11) is 0. The Morgan fingerprint density at radius 2 is 1.48 bits per heavy atom. The average molecular weight is 317 g/mol. The van der Waals surface area contributed by atoms with Crippen LogP contribution in [0.2, 0.25) is 0 Å². The van der Waals surface area contributed by atoms with E-state index in [1.54, 1.807) is 0 Å². The van der Waals surface area contributed by atoms with Gasteiger partial charge in [-0.3, -0.25) is 0 Å². The second-order valence-corrected chi connectivity index (χ2v) is 7.12. The van der Waals surface area contributed by atoms with Gasteiger partial charge < -0.3 is 10.6 Å². The normalized spacial score (nSPS) is 20.4. The van der Waals surface area contributed by atoms with Crippen molar-refractivity contribution in [2.24, 2.45) is 5.92 Å². The molecule has 0 bridgehead atoms. The molecule has 3 rings (SSSR count). The Labute approximate surface area is 140 Å². The van der Waals surface area contributed by atoms with Gasteiger partial charge >= 0.3 is 0 Å². The third kappa shape index (κ3) is 5.05. The first-order valence-corrected chi connectivity index (χ1v) is 9.59. The molecule has 5 heteroatoms. The fourth-order valence-electron chi connectivity index (χ4n) is 3.78. The maximum atomic E-state index is 4.62. The molecular weight excluding hydrogens is 286 g/mol. The molecule has 0 amide bonds. The van der Waals surface area contributed by atoms with Gasteiger partial charge in [-0.1, -0.05) is 45.4 Å². The monoisotopic (exact) mass is 317 g/mol. The van der Waals surface area contributed by atoms with Crippen molar-refractivity contribution >= 4 is 11.9 Å². The molecule has 1 aromatic heterocycles. The van der Waals surface area contributed by atoms with Crippen LogP contribution in [0.25, 0.3) is 0 Å². The van der Waals surface area contributed by atoms with E-state index in [1.807, 2.05) is 0 Å². The van der Waals surface area contributed by atoms with Crippen LogP contribution in [0, 0.1) is 5.92 Å². The van der Waals surface area contributed by atoms with E-state index < -0.39 is 0 Å². The van der Waals surface area contributed by atoms with Crippen LogP contribution in [0.3, 0.4) is 0 Å². The van der Waals surface area contributed by atoms with Crippen molar-refractivity contribution in [3.63, 3.8) is 0 Å². The number of nitrogens with zero attached hydrogens (tertiary/aromatic N) is 3. The zero-order chi connectivity index (χ0) is 15.9. The molecule has 23 heavy (non-hydrogen) atoms. The number of rotatable bonds is 6. The Morgan fingerprint density at radius 3 is 2.17 bits per heavy atom. The zero-order valence-corrected chi connectivity index (χ0v) is 14.5. The molecule has 2 N–H and O–H groups in total. The van der Waals surface area contributed by atoms with E-state index in [1.165, 1.54) is 64.2 Å². The van der Waals surface area contributed by atoms with Gasteiger partial charge in [0.05, 0.1) is 0 Å². The molecule has 5 nitrogen and oxygen atoms in total. The third-order valence-corrected chi connectivity index (χ3v) is 5.21. The van der Waals surface area contributed by atoms with E-state index in [9.17, 15) is 0 Å². The highest BCUT2D eigenvalue weighted by Crippen LogP contribution is 2.24. The quantitative estimate of drug-likeness (QED) is 0.824. The number of aryl methyl sites for hydroxylation is 1. The smallest absolute Gasteiger partial charge is 0.227 e. The minimum Gasteiger partial charge on any atom is -0.354 e. The van der Waals surface area contributed by atoms with Crippen molar-refractivity contribution in [2.75, 3.05) is 17.2 Å². The van der Waals surface area contributed by atoms with Crippen molar-refractivity contribution in [3.8, 4) is 0 Å². The Bertz CT molecular complexity index is 478. The number of anilines is 2. The van der Waals surface area contributed by atoms with Crippen LogP contribution in [-0.4, -0.2) is 27.5 Å². The molecule has 2 aliphatic rings. The fourth-order valence-corrected chi connectivity index (χ4v) is 3.78. The summed E-state index contributed by atoms with van der Waals surface area (Å²) in [5, 5.41) is 7.00. The highest BCUT2D eigenvalue weighted by Gasteiger charge is 2.16. The molecule has 0 spiro atoms. The van der Waals surface area contributed by atoms with Crippen LogP contribution < -0.4 is 10.6 Å². The highest BCUT2D eigenvalue weighted by molar-refractivity contribution is 5.35. The second kappa shape index (κ2) is 8.46. The molecule has 1 aromatic rings. The van der Waals surface area contributed by atoms with Crippen LogP contribution in [0.15, 0.2) is 0 Å². The van der Waals surface area contributed by atoms with Gasteiger partial charge in [-0.05, 0) is 31.6 Å². The predicted octanol–water partition coefficient (Wildman–Crippen LogP) is 4.17. The summed E-state index contributed by atoms with van der Waals surface area (Å²) in [6.45, 7) is 3.10. The van der Waals surface area contributed by atoms with E-state index in [2.05, 4.69) is 32.5 Å². The summed E-state index contributed by atoms with van der Waals surface area (Å²) in [5.74, 6) is 3.17. The number of aromatic nitrogens is 3. The van der Waals surface area contributed by atoms with Crippen molar-refractivity contribution in [3.05, 3.63) is 5.82 Å². The van der Waals surface area contributed by atoms with E-state index in [0.29, 0.717) is 6.04 Å². The van der Waals surface area contributed by atoms with Crippen LogP contribution in [0.1, 0.15) is 77.0 Å². The first kappa shape index (κ1) is 16.5. The topological polar surface area (TPSA) is 62.7 Å². The van der Waals surface area contributed by atoms with Crippen molar-refractivity contribution in [2.45, 2.75) is 83.6 Å². The van der Waals surface area contributed by atoms with Crippen molar-refractivity contribution in [1.29, 1.82) is 0 Å². The first-order chi connectivity index (χ1) is 11.3. The van der Waals surface area contributed by atoms with E-state index in [4.69, 9.17) is 0 Å². The van der Waals surface area contributed by atoms with E-state index in [-0.39, 0.29) is 0 Å². The number of nitrogens with one attached hydrogen (secondary N) is 2. The van der Waals surface area contributed by atoms with Crippen molar-refractivity contribution < 1.29 is 0 Å². The lowest BCUT2D eigenvalue weighted by Crippen LogP contribution is -2.25. The van der Waals surface area contributed by atoms with Gasteiger partial charge in [0.25, 0.3) is 0 Å². The van der Waals surface area contributed by atoms with E-state index >= 15 is 0 Å². The van der Waals surface area contributed by atoms with Gasteiger partial charge in [0.1, 0.15) is 5.82 Å². The van der Waals surface area contributed by atoms with Gasteiger partial charge in [-0.25, -0.2) is 0 Å². The number of hydrogen-bond donors (Lipinski definition) is 2. The maximum absolute atomic E-state index is 4.62. The van der Waals surface area contributed by atoms with Crippen LogP contribution in [0.4, 0.5) is 11.9 Å². The van der Waals surface area contributed by atoms with Crippen molar-refractivity contribution in [1.82, 2.24) is 15.0 Å². The Balaban J connectivity index is 1.60. The molecule has 0 radical (unpaired) electrons. The lowest BCUT2D eigenvalue weighted by Gasteiger charge is -2.23. The molecule has 0 saturated heterocycles. The van der Waals surface area contributed by atoms with Gasteiger partial charge in [0.2, 0.25) is 11.9 Å². The highest BCUT2D eigenvalue weighted by atomic mass is 15.2. The molecule has 128 valence electrons. The Kier molecular flexibility index (Phi) is 6.06. The van der Waals surface area contributed by atoms with Crippen LogP contribution in [0.5, 0.6) is 0 Å². The summed E-state index contributed by atoms with van der Waals surface area (Å²) in [4.78, 5) is 13.7. The second-order valence-electron chi connectivity index (χ2n) is 7.12. The van der Waals surface area contributed by atoms with Gasteiger partial charge in [-0.2, -0.15) is 15.0 Å². The molecule has 2 fully saturated rings. The minimum absolute atomic E-state index is 0.530. The lowest BCUT2D eigenvalue weighted by molar-refractivity contribution is 0.373. The summed E-state index contributed by atoms with van der Waals surface area (Å²) < 4.78 is 0. The molecular formula is C18H31N5. The first-order valence-electron chi connectivity index (χ1n) is 9.59. The predicted molar refractivity (Wildman–Crippen MR) is 94.8 cm³/mol. The SMILES string of the molecule is CCc1nc(NCC2CCCCC2)nc(NC2CCCCC2)n1. The van der Waals surface area contributed by atoms with Crippen LogP contribution >= 0.6 is 0 Å². The molecule has 2 saturated carbocycles. The average Bonchev–Trinajstić information content (AvgIpc) is 2.61.